The van der Waals surface area contributed by atoms with Gasteiger partial charge in [-0.3, -0.25) is 4.79 Å². The van der Waals surface area contributed by atoms with Gasteiger partial charge in [0.05, 0.1) is 0 Å². The van der Waals surface area contributed by atoms with Crippen LogP contribution in [0.1, 0.15) is 24.2 Å². The van der Waals surface area contributed by atoms with Crippen LogP contribution in [0.4, 0.5) is 4.39 Å². The molecule has 0 heterocycles. The standard InChI is InChI=1S/C10H12FNO/c1-7(2)12-10(13)8-4-3-5-9(11)6-8/h3-7H,1-2H3,(H,12,13). The highest BCUT2D eigenvalue weighted by atomic mass is 19.1. The van der Waals surface area contributed by atoms with Gasteiger partial charge in [-0.2, -0.15) is 0 Å². The van der Waals surface area contributed by atoms with Crippen LogP contribution in [-0.2, 0) is 0 Å². The fourth-order valence-electron chi connectivity index (χ4n) is 0.975. The Kier molecular flexibility index (Phi) is 3.01. The Bertz CT molecular complexity index is 310. The molecule has 0 atom stereocenters. The Morgan fingerprint density at radius 2 is 2.15 bits per heavy atom. The van der Waals surface area contributed by atoms with Crippen LogP contribution in [0, 0.1) is 5.82 Å². The molecule has 1 N–H and O–H groups in total. The molecule has 0 spiro atoms. The summed E-state index contributed by atoms with van der Waals surface area (Å²) in [5, 5.41) is 2.68. The van der Waals surface area contributed by atoms with Gasteiger partial charge in [0.1, 0.15) is 5.82 Å². The first-order chi connectivity index (χ1) is 6.09. The lowest BCUT2D eigenvalue weighted by Gasteiger charge is -2.07. The Balaban J connectivity index is 2.77. The molecule has 0 aliphatic heterocycles. The van der Waals surface area contributed by atoms with Crippen molar-refractivity contribution in [2.45, 2.75) is 19.9 Å². The second-order valence-corrected chi connectivity index (χ2v) is 3.14. The lowest BCUT2D eigenvalue weighted by Crippen LogP contribution is -2.30. The monoisotopic (exact) mass is 181 g/mol. The average molecular weight is 181 g/mol. The summed E-state index contributed by atoms with van der Waals surface area (Å²) in [4.78, 5) is 11.3. The van der Waals surface area contributed by atoms with Crippen LogP contribution >= 0.6 is 0 Å². The molecular weight excluding hydrogens is 169 g/mol. The molecule has 3 heteroatoms. The zero-order valence-electron chi connectivity index (χ0n) is 7.67. The molecule has 0 bridgehead atoms. The number of hydrogen-bond acceptors (Lipinski definition) is 1. The maximum absolute atomic E-state index is 12.7. The van der Waals surface area contributed by atoms with Crippen LogP contribution in [0.2, 0.25) is 0 Å². The van der Waals surface area contributed by atoms with Crippen molar-refractivity contribution in [3.8, 4) is 0 Å². The van der Waals surface area contributed by atoms with E-state index in [0.717, 1.165) is 0 Å². The number of nitrogens with one attached hydrogen (secondary N) is 1. The maximum Gasteiger partial charge on any atom is 0.251 e. The molecule has 0 radical (unpaired) electrons. The molecule has 2 nitrogen and oxygen atoms in total. The summed E-state index contributed by atoms with van der Waals surface area (Å²) in [5.74, 6) is -0.633. The van der Waals surface area contributed by atoms with E-state index < -0.39 is 5.82 Å². The molecule has 0 aliphatic carbocycles. The fraction of sp³-hybridized carbons (Fsp3) is 0.300. The smallest absolute Gasteiger partial charge is 0.251 e. The average Bonchev–Trinajstić information content (AvgIpc) is 2.03. The predicted octanol–water partition coefficient (Wildman–Crippen LogP) is 1.96. The van der Waals surface area contributed by atoms with Crippen LogP contribution in [0.3, 0.4) is 0 Å². The van der Waals surface area contributed by atoms with Crippen LogP contribution < -0.4 is 5.32 Å². The summed E-state index contributed by atoms with van der Waals surface area (Å²) in [5.41, 5.74) is 0.355. The van der Waals surface area contributed by atoms with Crippen molar-refractivity contribution in [2.24, 2.45) is 0 Å². The molecule has 1 aromatic carbocycles. The van der Waals surface area contributed by atoms with Gasteiger partial charge in [-0.25, -0.2) is 4.39 Å². The van der Waals surface area contributed by atoms with Crippen LogP contribution in [0.25, 0.3) is 0 Å². The van der Waals surface area contributed by atoms with Gasteiger partial charge in [0, 0.05) is 11.6 Å². The summed E-state index contributed by atoms with van der Waals surface area (Å²) >= 11 is 0. The molecule has 0 fully saturated rings. The molecule has 0 aliphatic rings. The van der Waals surface area contributed by atoms with E-state index >= 15 is 0 Å². The lowest BCUT2D eigenvalue weighted by molar-refractivity contribution is 0.0942. The first kappa shape index (κ1) is 9.71. The predicted molar refractivity (Wildman–Crippen MR) is 49.0 cm³/mol. The minimum absolute atomic E-state index is 0.0655. The van der Waals surface area contributed by atoms with E-state index in [1.54, 1.807) is 6.07 Å². The minimum atomic E-state index is -0.392. The summed E-state index contributed by atoms with van der Waals surface area (Å²) < 4.78 is 12.7. The van der Waals surface area contributed by atoms with E-state index in [4.69, 9.17) is 0 Å². The topological polar surface area (TPSA) is 29.1 Å². The number of amides is 1. The number of carbonyl (C=O) groups excluding carboxylic acids is 1. The fourth-order valence-corrected chi connectivity index (χ4v) is 0.975. The van der Waals surface area contributed by atoms with E-state index in [9.17, 15) is 9.18 Å². The first-order valence-corrected chi connectivity index (χ1v) is 4.16. The highest BCUT2D eigenvalue weighted by Gasteiger charge is 2.06. The third-order valence-corrected chi connectivity index (χ3v) is 1.51. The molecule has 1 amide bonds. The largest absolute Gasteiger partial charge is 0.350 e. The number of halogens is 1. The van der Waals surface area contributed by atoms with E-state index in [0.29, 0.717) is 5.56 Å². The molecule has 13 heavy (non-hydrogen) atoms. The zero-order chi connectivity index (χ0) is 9.84. The van der Waals surface area contributed by atoms with E-state index in [-0.39, 0.29) is 11.9 Å². The Morgan fingerprint density at radius 3 is 2.69 bits per heavy atom. The highest BCUT2D eigenvalue weighted by molar-refractivity contribution is 5.94. The molecule has 0 saturated carbocycles. The first-order valence-electron chi connectivity index (χ1n) is 4.16. The molecule has 0 aromatic heterocycles. The second kappa shape index (κ2) is 4.03. The maximum atomic E-state index is 12.7. The number of rotatable bonds is 2. The van der Waals surface area contributed by atoms with E-state index in [1.165, 1.54) is 18.2 Å². The zero-order valence-corrected chi connectivity index (χ0v) is 7.67. The van der Waals surface area contributed by atoms with Crippen molar-refractivity contribution in [1.82, 2.24) is 5.32 Å². The van der Waals surface area contributed by atoms with Crippen LogP contribution in [-0.4, -0.2) is 11.9 Å². The van der Waals surface area contributed by atoms with Crippen molar-refractivity contribution in [3.05, 3.63) is 35.6 Å². The van der Waals surface area contributed by atoms with Crippen LogP contribution in [0.5, 0.6) is 0 Å². The summed E-state index contributed by atoms with van der Waals surface area (Å²) in [6, 6.07) is 5.70. The van der Waals surface area contributed by atoms with E-state index in [1.807, 2.05) is 13.8 Å². The van der Waals surface area contributed by atoms with Gasteiger partial charge < -0.3 is 5.32 Å². The van der Waals surface area contributed by atoms with Gasteiger partial charge in [0.2, 0.25) is 0 Å². The van der Waals surface area contributed by atoms with Crippen LogP contribution in [0.15, 0.2) is 24.3 Å². The SMILES string of the molecule is CC(C)NC(=O)c1cccc(F)c1. The van der Waals surface area contributed by atoms with Gasteiger partial charge in [0.15, 0.2) is 0 Å². The van der Waals surface area contributed by atoms with Gasteiger partial charge in [-0.15, -0.1) is 0 Å². The molecule has 0 unspecified atom stereocenters. The highest BCUT2D eigenvalue weighted by Crippen LogP contribution is 2.03. The molecule has 1 rings (SSSR count). The number of hydrogen-bond donors (Lipinski definition) is 1. The van der Waals surface area contributed by atoms with Crippen molar-refractivity contribution in [2.75, 3.05) is 0 Å². The van der Waals surface area contributed by atoms with Gasteiger partial charge in [-0.05, 0) is 32.0 Å². The molecule has 70 valence electrons. The second-order valence-electron chi connectivity index (χ2n) is 3.14. The van der Waals surface area contributed by atoms with Crippen molar-refractivity contribution in [3.63, 3.8) is 0 Å². The lowest BCUT2D eigenvalue weighted by atomic mass is 10.2. The third kappa shape index (κ3) is 2.86. The Hall–Kier alpha value is -1.38. The molecule has 1 aromatic rings. The van der Waals surface area contributed by atoms with Gasteiger partial charge in [0.25, 0.3) is 5.91 Å². The third-order valence-electron chi connectivity index (χ3n) is 1.51. The van der Waals surface area contributed by atoms with Crippen molar-refractivity contribution in [1.29, 1.82) is 0 Å². The Morgan fingerprint density at radius 1 is 1.46 bits per heavy atom. The molecular formula is C10H12FNO. The molecule has 0 saturated heterocycles. The quantitative estimate of drug-likeness (QED) is 0.742. The Labute approximate surface area is 76.8 Å². The van der Waals surface area contributed by atoms with E-state index in [2.05, 4.69) is 5.32 Å². The normalized spacial score (nSPS) is 10.2. The van der Waals surface area contributed by atoms with Gasteiger partial charge in [-0.1, -0.05) is 6.07 Å². The number of benzene rings is 1. The summed E-state index contributed by atoms with van der Waals surface area (Å²) in [6.45, 7) is 3.72. The summed E-state index contributed by atoms with van der Waals surface area (Å²) in [7, 11) is 0. The summed E-state index contributed by atoms with van der Waals surface area (Å²) in [6.07, 6.45) is 0. The van der Waals surface area contributed by atoms with Crippen molar-refractivity contribution >= 4 is 5.91 Å². The van der Waals surface area contributed by atoms with Gasteiger partial charge >= 0.3 is 0 Å². The minimum Gasteiger partial charge on any atom is -0.350 e. The van der Waals surface area contributed by atoms with Crippen molar-refractivity contribution < 1.29 is 9.18 Å². The number of carbonyl (C=O) groups is 1.